The second kappa shape index (κ2) is 5.27. The van der Waals surface area contributed by atoms with Crippen molar-refractivity contribution in [1.82, 2.24) is 9.55 Å². The highest BCUT2D eigenvalue weighted by atomic mass is 16.5. The Kier molecular flexibility index (Phi) is 3.80. The van der Waals surface area contributed by atoms with Gasteiger partial charge < -0.3 is 20.8 Å². The lowest BCUT2D eigenvalue weighted by atomic mass is 9.92. The summed E-state index contributed by atoms with van der Waals surface area (Å²) >= 11 is 0. The van der Waals surface area contributed by atoms with Crippen LogP contribution in [-0.4, -0.2) is 21.6 Å². The number of carbonyl (C=O) groups excluding carboxylic acids is 1. The number of carbonyl (C=O) groups is 1. The first-order valence-electron chi connectivity index (χ1n) is 6.93. The number of nitrogen functional groups attached to an aromatic ring is 1. The quantitative estimate of drug-likeness (QED) is 0.879. The standard InChI is InChI=1S/C15H22N4O2/c1-9(2)21-11-7-5-6-10-12(11)18-14(17)19(10)8-15(3,4)13(16)20/h5-7,9H,8H2,1-4H3,(H2,16,20)(H2,17,18). The van der Waals surface area contributed by atoms with Gasteiger partial charge in [-0.15, -0.1) is 0 Å². The number of ether oxygens (including phenoxy) is 1. The van der Waals surface area contributed by atoms with Gasteiger partial charge in [0.05, 0.1) is 17.0 Å². The van der Waals surface area contributed by atoms with Crippen molar-refractivity contribution in [3.05, 3.63) is 18.2 Å². The number of benzene rings is 1. The highest BCUT2D eigenvalue weighted by Crippen LogP contribution is 2.30. The molecule has 0 radical (unpaired) electrons. The van der Waals surface area contributed by atoms with Gasteiger partial charge in [-0.05, 0) is 39.8 Å². The third-order valence-corrected chi connectivity index (χ3v) is 3.35. The predicted octanol–water partition coefficient (Wildman–Crippen LogP) is 1.92. The van der Waals surface area contributed by atoms with Gasteiger partial charge in [0.2, 0.25) is 11.9 Å². The maximum Gasteiger partial charge on any atom is 0.224 e. The fraction of sp³-hybridized carbons (Fsp3) is 0.467. The minimum absolute atomic E-state index is 0.0454. The van der Waals surface area contributed by atoms with Crippen molar-refractivity contribution in [3.63, 3.8) is 0 Å². The molecule has 0 aliphatic rings. The molecule has 1 amide bonds. The fourth-order valence-corrected chi connectivity index (χ4v) is 2.13. The zero-order valence-electron chi connectivity index (χ0n) is 12.9. The topological polar surface area (TPSA) is 96.2 Å². The largest absolute Gasteiger partial charge is 0.489 e. The summed E-state index contributed by atoms with van der Waals surface area (Å²) in [6.07, 6.45) is 0.0454. The van der Waals surface area contributed by atoms with Gasteiger partial charge in [0.15, 0.2) is 0 Å². The van der Waals surface area contributed by atoms with Gasteiger partial charge in [-0.25, -0.2) is 4.98 Å². The van der Waals surface area contributed by atoms with E-state index in [1.54, 1.807) is 18.4 Å². The first kappa shape index (κ1) is 15.2. The van der Waals surface area contributed by atoms with Crippen LogP contribution in [0.2, 0.25) is 0 Å². The lowest BCUT2D eigenvalue weighted by Gasteiger charge is -2.22. The number of aromatic nitrogens is 2. The molecule has 2 aromatic rings. The number of anilines is 1. The highest BCUT2D eigenvalue weighted by Gasteiger charge is 2.27. The van der Waals surface area contributed by atoms with Crippen LogP contribution in [0.15, 0.2) is 18.2 Å². The summed E-state index contributed by atoms with van der Waals surface area (Å²) in [7, 11) is 0. The van der Waals surface area contributed by atoms with Crippen molar-refractivity contribution in [1.29, 1.82) is 0 Å². The van der Waals surface area contributed by atoms with Crippen LogP contribution in [0, 0.1) is 5.41 Å². The average molecular weight is 290 g/mol. The molecule has 1 aromatic carbocycles. The van der Waals surface area contributed by atoms with Gasteiger partial charge >= 0.3 is 0 Å². The smallest absolute Gasteiger partial charge is 0.224 e. The summed E-state index contributed by atoms with van der Waals surface area (Å²) < 4.78 is 7.55. The molecule has 0 aliphatic carbocycles. The Labute approximate surface area is 124 Å². The molecule has 0 atom stereocenters. The van der Waals surface area contributed by atoms with Gasteiger partial charge in [0, 0.05) is 6.54 Å². The molecular formula is C15H22N4O2. The van der Waals surface area contributed by atoms with E-state index in [9.17, 15) is 4.79 Å². The molecule has 6 heteroatoms. The summed E-state index contributed by atoms with van der Waals surface area (Å²) in [6, 6.07) is 5.65. The van der Waals surface area contributed by atoms with E-state index in [4.69, 9.17) is 16.2 Å². The fourth-order valence-electron chi connectivity index (χ4n) is 2.13. The summed E-state index contributed by atoms with van der Waals surface area (Å²) in [5, 5.41) is 0. The number of hydrogen-bond donors (Lipinski definition) is 2. The molecule has 0 saturated heterocycles. The number of nitrogens with two attached hydrogens (primary N) is 2. The molecule has 2 rings (SSSR count). The Morgan fingerprint density at radius 2 is 2.10 bits per heavy atom. The van der Waals surface area contributed by atoms with Gasteiger partial charge in [0.25, 0.3) is 0 Å². The van der Waals surface area contributed by atoms with Crippen molar-refractivity contribution >= 4 is 22.9 Å². The summed E-state index contributed by atoms with van der Waals surface area (Å²) in [4.78, 5) is 15.9. The normalized spacial score (nSPS) is 12.0. The molecule has 1 aromatic heterocycles. The van der Waals surface area contributed by atoms with Crippen LogP contribution in [0.4, 0.5) is 5.95 Å². The van der Waals surface area contributed by atoms with Crippen molar-refractivity contribution in [2.24, 2.45) is 11.1 Å². The molecule has 0 fully saturated rings. The minimum Gasteiger partial charge on any atom is -0.489 e. The third kappa shape index (κ3) is 2.94. The monoisotopic (exact) mass is 290 g/mol. The first-order valence-corrected chi connectivity index (χ1v) is 6.93. The maximum absolute atomic E-state index is 11.5. The third-order valence-electron chi connectivity index (χ3n) is 3.35. The van der Waals surface area contributed by atoms with Crippen LogP contribution in [-0.2, 0) is 11.3 Å². The van der Waals surface area contributed by atoms with Crippen molar-refractivity contribution < 1.29 is 9.53 Å². The number of imidazole rings is 1. The Morgan fingerprint density at radius 1 is 1.43 bits per heavy atom. The zero-order chi connectivity index (χ0) is 15.8. The molecule has 0 saturated carbocycles. The highest BCUT2D eigenvalue weighted by molar-refractivity contribution is 5.85. The first-order chi connectivity index (χ1) is 9.72. The Balaban J connectivity index is 2.51. The Morgan fingerprint density at radius 3 is 2.67 bits per heavy atom. The molecular weight excluding hydrogens is 268 g/mol. The lowest BCUT2D eigenvalue weighted by molar-refractivity contribution is -0.126. The van der Waals surface area contributed by atoms with E-state index in [0.717, 1.165) is 5.52 Å². The predicted molar refractivity (Wildman–Crippen MR) is 82.9 cm³/mol. The SMILES string of the molecule is CC(C)Oc1cccc2c1nc(N)n2CC(C)(C)C(N)=O. The van der Waals surface area contributed by atoms with Crippen LogP contribution >= 0.6 is 0 Å². The van der Waals surface area contributed by atoms with Gasteiger partial charge in [0.1, 0.15) is 11.3 Å². The molecule has 4 N–H and O–H groups in total. The molecule has 114 valence electrons. The molecule has 1 heterocycles. The Hall–Kier alpha value is -2.24. The summed E-state index contributed by atoms with van der Waals surface area (Å²) in [5.41, 5.74) is 12.3. The summed E-state index contributed by atoms with van der Waals surface area (Å²) in [5.74, 6) is 0.655. The van der Waals surface area contributed by atoms with Crippen LogP contribution in [0.3, 0.4) is 0 Å². The van der Waals surface area contributed by atoms with E-state index in [2.05, 4.69) is 4.98 Å². The number of rotatable bonds is 5. The molecule has 0 unspecified atom stereocenters. The number of para-hydroxylation sites is 1. The molecule has 21 heavy (non-hydrogen) atoms. The second-order valence-corrected chi connectivity index (χ2v) is 6.09. The van der Waals surface area contributed by atoms with E-state index in [0.29, 0.717) is 23.8 Å². The average Bonchev–Trinajstić information content (AvgIpc) is 2.66. The van der Waals surface area contributed by atoms with Crippen LogP contribution in [0.5, 0.6) is 5.75 Å². The number of amides is 1. The van der Waals surface area contributed by atoms with E-state index in [1.807, 2.05) is 32.0 Å². The number of primary amides is 1. The van der Waals surface area contributed by atoms with Gasteiger partial charge in [-0.2, -0.15) is 0 Å². The van der Waals surface area contributed by atoms with Crippen LogP contribution < -0.4 is 16.2 Å². The number of hydrogen-bond acceptors (Lipinski definition) is 4. The Bertz CT molecular complexity index is 674. The zero-order valence-corrected chi connectivity index (χ0v) is 12.9. The second-order valence-electron chi connectivity index (χ2n) is 6.09. The van der Waals surface area contributed by atoms with Gasteiger partial charge in [-0.3, -0.25) is 4.79 Å². The van der Waals surface area contributed by atoms with E-state index >= 15 is 0 Å². The number of fused-ring (bicyclic) bond motifs is 1. The van der Waals surface area contributed by atoms with Crippen LogP contribution in [0.1, 0.15) is 27.7 Å². The van der Waals surface area contributed by atoms with Crippen LogP contribution in [0.25, 0.3) is 11.0 Å². The minimum atomic E-state index is -0.712. The van der Waals surface area contributed by atoms with E-state index in [1.165, 1.54) is 0 Å². The van der Waals surface area contributed by atoms with Gasteiger partial charge in [-0.1, -0.05) is 6.07 Å². The summed E-state index contributed by atoms with van der Waals surface area (Å²) in [6.45, 7) is 7.85. The van der Waals surface area contributed by atoms with Crippen molar-refractivity contribution in [2.75, 3.05) is 5.73 Å². The maximum atomic E-state index is 11.5. The molecule has 0 bridgehead atoms. The van der Waals surface area contributed by atoms with E-state index < -0.39 is 5.41 Å². The van der Waals surface area contributed by atoms with Crippen molar-refractivity contribution in [2.45, 2.75) is 40.3 Å². The number of nitrogens with zero attached hydrogens (tertiary/aromatic N) is 2. The van der Waals surface area contributed by atoms with E-state index in [-0.39, 0.29) is 12.0 Å². The molecule has 6 nitrogen and oxygen atoms in total. The lowest BCUT2D eigenvalue weighted by Crippen LogP contribution is -2.35. The molecule has 0 spiro atoms. The molecule has 0 aliphatic heterocycles. The van der Waals surface area contributed by atoms with Crippen molar-refractivity contribution in [3.8, 4) is 5.75 Å².